The van der Waals surface area contributed by atoms with E-state index < -0.39 is 5.60 Å². The number of ether oxygens (including phenoxy) is 1. The minimum atomic E-state index is -0.549. The van der Waals surface area contributed by atoms with Gasteiger partial charge in [-0.05, 0) is 50.1 Å². The van der Waals surface area contributed by atoms with Gasteiger partial charge < -0.3 is 10.1 Å². The lowest BCUT2D eigenvalue weighted by Gasteiger charge is -2.36. The molecule has 1 atom stereocenters. The molecule has 1 N–H and O–H groups in total. The van der Waals surface area contributed by atoms with Crippen LogP contribution in [-0.2, 0) is 11.8 Å². The predicted molar refractivity (Wildman–Crippen MR) is 134 cm³/mol. The summed E-state index contributed by atoms with van der Waals surface area (Å²) < 4.78 is 7.42. The molecule has 9 heteroatoms. The molecule has 3 aromatic heterocycles. The molecule has 0 spiro atoms. The summed E-state index contributed by atoms with van der Waals surface area (Å²) in [5.74, 6) is 0. The summed E-state index contributed by atoms with van der Waals surface area (Å²) in [5.41, 5.74) is 5.10. The highest BCUT2D eigenvalue weighted by molar-refractivity contribution is 5.97. The average Bonchev–Trinajstić information content (AvgIpc) is 3.29. The van der Waals surface area contributed by atoms with Crippen LogP contribution in [0.2, 0.25) is 0 Å². The number of rotatable bonds is 3. The van der Waals surface area contributed by atoms with Gasteiger partial charge in [-0.1, -0.05) is 6.07 Å². The number of nitrogens with one attached hydrogen (secondary N) is 1. The first-order valence-electron chi connectivity index (χ1n) is 11.7. The van der Waals surface area contributed by atoms with E-state index in [4.69, 9.17) is 9.72 Å². The number of carbonyl (C=O) groups is 1. The van der Waals surface area contributed by atoms with Crippen LogP contribution in [0.3, 0.4) is 0 Å². The Labute approximate surface area is 204 Å². The molecule has 1 saturated heterocycles. The highest BCUT2D eigenvalue weighted by Crippen LogP contribution is 2.33. The van der Waals surface area contributed by atoms with Gasteiger partial charge in [0.2, 0.25) is 0 Å². The number of carbonyl (C=O) groups excluding carboxylic acids is 1. The molecule has 0 bridgehead atoms. The Bertz CT molecular complexity index is 1360. The van der Waals surface area contributed by atoms with Crippen molar-refractivity contribution in [2.24, 2.45) is 7.05 Å². The summed E-state index contributed by atoms with van der Waals surface area (Å²) >= 11 is 0. The maximum atomic E-state index is 12.8. The number of hydrogen-bond donors (Lipinski definition) is 1. The molecule has 1 unspecified atom stereocenters. The van der Waals surface area contributed by atoms with Gasteiger partial charge in [-0.25, -0.2) is 14.8 Å². The van der Waals surface area contributed by atoms with Crippen molar-refractivity contribution in [1.82, 2.24) is 34.9 Å². The first-order chi connectivity index (χ1) is 16.8. The molecule has 1 amide bonds. The third-order valence-corrected chi connectivity index (χ3v) is 5.97. The maximum absolute atomic E-state index is 12.8. The van der Waals surface area contributed by atoms with Crippen LogP contribution >= 0.6 is 0 Å². The van der Waals surface area contributed by atoms with Crippen LogP contribution in [0.25, 0.3) is 33.2 Å². The van der Waals surface area contributed by atoms with Crippen molar-refractivity contribution in [3.05, 3.63) is 61.1 Å². The van der Waals surface area contributed by atoms with E-state index in [1.807, 2.05) is 70.8 Å². The molecule has 0 aliphatic carbocycles. The number of fused-ring (bicyclic) bond motifs is 1. The second kappa shape index (κ2) is 9.07. The number of amides is 1. The van der Waals surface area contributed by atoms with Gasteiger partial charge in [0.25, 0.3) is 0 Å². The van der Waals surface area contributed by atoms with Crippen LogP contribution in [0.15, 0.2) is 55.4 Å². The van der Waals surface area contributed by atoms with E-state index in [1.165, 1.54) is 0 Å². The van der Waals surface area contributed by atoms with Crippen molar-refractivity contribution in [2.45, 2.75) is 32.4 Å². The lowest BCUT2D eigenvalue weighted by Crippen LogP contribution is -2.50. The van der Waals surface area contributed by atoms with Gasteiger partial charge >= 0.3 is 6.09 Å². The Hall–Kier alpha value is -3.85. The Morgan fingerprint density at radius 2 is 1.94 bits per heavy atom. The number of nitrogens with zero attached hydrogens (tertiary/aromatic N) is 6. The summed E-state index contributed by atoms with van der Waals surface area (Å²) in [7, 11) is 1.90. The number of aromatic nitrogens is 5. The highest BCUT2D eigenvalue weighted by atomic mass is 16.6. The molecule has 0 radical (unpaired) electrons. The van der Waals surface area contributed by atoms with Crippen LogP contribution < -0.4 is 5.32 Å². The van der Waals surface area contributed by atoms with Gasteiger partial charge in [0.05, 0.1) is 23.4 Å². The van der Waals surface area contributed by atoms with Crippen molar-refractivity contribution in [3.63, 3.8) is 0 Å². The van der Waals surface area contributed by atoms with Gasteiger partial charge in [0.1, 0.15) is 11.9 Å². The number of pyridine rings is 1. The Morgan fingerprint density at radius 1 is 1.09 bits per heavy atom. The van der Waals surface area contributed by atoms with E-state index in [0.29, 0.717) is 13.1 Å². The standard InChI is InChI=1S/C26H29N7O2/c1-26(2,3)35-25(34)33-8-7-27-14-24(33)22-6-5-17(11-29-22)20-9-18(19-12-31-32(4)15-19)10-23-21(20)13-28-16-30-23/h5-6,9-13,15-16,24,27H,7-8,14H2,1-4H3. The molecule has 4 heterocycles. The second-order valence-corrected chi connectivity index (χ2v) is 9.75. The quantitative estimate of drug-likeness (QED) is 0.483. The summed E-state index contributed by atoms with van der Waals surface area (Å²) in [6.07, 6.45) is 8.74. The van der Waals surface area contributed by atoms with Crippen LogP contribution in [0, 0.1) is 0 Å². The molecule has 180 valence electrons. The van der Waals surface area contributed by atoms with Gasteiger partial charge in [0, 0.05) is 61.8 Å². The minimum absolute atomic E-state index is 0.200. The Kier molecular flexibility index (Phi) is 5.94. The topological polar surface area (TPSA) is 98.1 Å². The molecule has 1 aromatic carbocycles. The summed E-state index contributed by atoms with van der Waals surface area (Å²) in [6, 6.07) is 7.99. The smallest absolute Gasteiger partial charge is 0.410 e. The van der Waals surface area contributed by atoms with Gasteiger partial charge in [-0.2, -0.15) is 5.10 Å². The molecule has 9 nitrogen and oxygen atoms in total. The molecular weight excluding hydrogens is 442 g/mol. The molecule has 35 heavy (non-hydrogen) atoms. The first kappa shape index (κ1) is 22.9. The zero-order valence-corrected chi connectivity index (χ0v) is 20.4. The van der Waals surface area contributed by atoms with E-state index in [-0.39, 0.29) is 12.1 Å². The monoisotopic (exact) mass is 471 g/mol. The van der Waals surface area contributed by atoms with Crippen molar-refractivity contribution in [3.8, 4) is 22.3 Å². The summed E-state index contributed by atoms with van der Waals surface area (Å²) in [6.45, 7) is 7.55. The Morgan fingerprint density at radius 3 is 2.66 bits per heavy atom. The van der Waals surface area contributed by atoms with Gasteiger partial charge in [0.15, 0.2) is 0 Å². The number of aryl methyl sites for hydroxylation is 1. The van der Waals surface area contributed by atoms with E-state index in [0.717, 1.165) is 45.4 Å². The van der Waals surface area contributed by atoms with Crippen molar-refractivity contribution >= 4 is 17.0 Å². The second-order valence-electron chi connectivity index (χ2n) is 9.75. The fourth-order valence-electron chi connectivity index (χ4n) is 4.33. The van der Waals surface area contributed by atoms with Crippen molar-refractivity contribution < 1.29 is 9.53 Å². The Balaban J connectivity index is 1.49. The first-order valence-corrected chi connectivity index (χ1v) is 11.7. The molecule has 4 aromatic rings. The summed E-state index contributed by atoms with van der Waals surface area (Å²) in [5, 5.41) is 8.62. The zero-order chi connectivity index (χ0) is 24.6. The highest BCUT2D eigenvalue weighted by Gasteiger charge is 2.32. The third-order valence-electron chi connectivity index (χ3n) is 5.97. The van der Waals surface area contributed by atoms with Gasteiger partial charge in [-0.3, -0.25) is 14.6 Å². The number of hydrogen-bond acceptors (Lipinski definition) is 7. The van der Waals surface area contributed by atoms with E-state index in [1.54, 1.807) is 15.9 Å². The normalized spacial score (nSPS) is 16.5. The number of benzene rings is 1. The lowest BCUT2D eigenvalue weighted by atomic mass is 9.97. The zero-order valence-electron chi connectivity index (χ0n) is 20.4. The van der Waals surface area contributed by atoms with E-state index >= 15 is 0 Å². The predicted octanol–water partition coefficient (Wildman–Crippen LogP) is 3.97. The third kappa shape index (κ3) is 4.85. The fraction of sp³-hybridized carbons (Fsp3) is 0.346. The lowest BCUT2D eigenvalue weighted by molar-refractivity contribution is 0.0113. The van der Waals surface area contributed by atoms with Crippen LogP contribution in [0.4, 0.5) is 4.79 Å². The molecule has 1 fully saturated rings. The van der Waals surface area contributed by atoms with Crippen LogP contribution in [0.5, 0.6) is 0 Å². The fourth-order valence-corrected chi connectivity index (χ4v) is 4.33. The largest absolute Gasteiger partial charge is 0.444 e. The van der Waals surface area contributed by atoms with Crippen molar-refractivity contribution in [2.75, 3.05) is 19.6 Å². The maximum Gasteiger partial charge on any atom is 0.410 e. The SMILES string of the molecule is Cn1cc(-c2cc(-c3ccc(C4CNCCN4C(=O)OC(C)(C)C)nc3)c3cncnc3c2)cn1. The van der Waals surface area contributed by atoms with E-state index in [2.05, 4.69) is 26.4 Å². The molecular formula is C26H29N7O2. The van der Waals surface area contributed by atoms with Crippen molar-refractivity contribution in [1.29, 1.82) is 0 Å². The molecule has 1 aliphatic rings. The van der Waals surface area contributed by atoms with Crippen LogP contribution in [-0.4, -0.2) is 61.0 Å². The summed E-state index contributed by atoms with van der Waals surface area (Å²) in [4.78, 5) is 28.1. The van der Waals surface area contributed by atoms with Crippen LogP contribution in [0.1, 0.15) is 32.5 Å². The molecule has 5 rings (SSSR count). The van der Waals surface area contributed by atoms with E-state index in [9.17, 15) is 4.79 Å². The molecule has 1 aliphatic heterocycles. The minimum Gasteiger partial charge on any atom is -0.444 e. The number of piperazine rings is 1. The average molecular weight is 472 g/mol. The molecule has 0 saturated carbocycles. The van der Waals surface area contributed by atoms with Gasteiger partial charge in [-0.15, -0.1) is 0 Å².